The predicted molar refractivity (Wildman–Crippen MR) is 142 cm³/mol. The average molecular weight is 521 g/mol. The van der Waals surface area contributed by atoms with Gasteiger partial charge < -0.3 is 10.2 Å². The summed E-state index contributed by atoms with van der Waals surface area (Å²) in [6, 6.07) is 23.4. The number of rotatable bonds is 10. The molecule has 0 fully saturated rings. The number of halogens is 1. The molecule has 0 aliphatic heterocycles. The van der Waals surface area contributed by atoms with Crippen molar-refractivity contribution in [3.05, 3.63) is 105 Å². The zero-order valence-corrected chi connectivity index (χ0v) is 21.8. The Morgan fingerprint density at radius 1 is 0.882 bits per heavy atom. The molecule has 0 spiro atoms. The number of carbonyl (C=O) groups is 2. The van der Waals surface area contributed by atoms with Crippen molar-refractivity contribution < 1.29 is 9.59 Å². The van der Waals surface area contributed by atoms with Crippen LogP contribution in [0.2, 0.25) is 0 Å². The molecule has 0 aliphatic carbocycles. The van der Waals surface area contributed by atoms with Gasteiger partial charge in [0.1, 0.15) is 6.04 Å². The fraction of sp³-hybridized carbons (Fsp3) is 0.310. The number of nitrogens with one attached hydrogen (secondary N) is 1. The normalized spacial score (nSPS) is 11.6. The molecular formula is C29H33BrN2O2. The Balaban J connectivity index is 1.96. The first kappa shape index (κ1) is 25.7. The van der Waals surface area contributed by atoms with Gasteiger partial charge in [-0.25, -0.2) is 0 Å². The van der Waals surface area contributed by atoms with Crippen LogP contribution < -0.4 is 5.32 Å². The van der Waals surface area contributed by atoms with Crippen molar-refractivity contribution in [2.45, 2.75) is 52.6 Å². The van der Waals surface area contributed by atoms with E-state index in [1.165, 1.54) is 0 Å². The quantitative estimate of drug-likeness (QED) is 0.368. The molecule has 3 aromatic rings. The van der Waals surface area contributed by atoms with E-state index in [9.17, 15) is 9.59 Å². The largest absolute Gasteiger partial charge is 0.354 e. The monoisotopic (exact) mass is 520 g/mol. The van der Waals surface area contributed by atoms with Gasteiger partial charge in [0.15, 0.2) is 0 Å². The summed E-state index contributed by atoms with van der Waals surface area (Å²) >= 11 is 3.48. The number of hydrogen-bond donors (Lipinski definition) is 1. The summed E-state index contributed by atoms with van der Waals surface area (Å²) in [5.41, 5.74) is 5.24. The Labute approximate surface area is 211 Å². The molecule has 0 bridgehead atoms. The number of carbonyl (C=O) groups excluding carboxylic acids is 2. The Morgan fingerprint density at radius 2 is 1.53 bits per heavy atom. The molecule has 34 heavy (non-hydrogen) atoms. The van der Waals surface area contributed by atoms with Gasteiger partial charge in [-0.05, 0) is 49.1 Å². The second-order valence-electron chi connectivity index (χ2n) is 8.82. The molecule has 0 aromatic heterocycles. The maximum absolute atomic E-state index is 13.8. The summed E-state index contributed by atoms with van der Waals surface area (Å²) in [5, 5.41) is 3.02. The summed E-state index contributed by atoms with van der Waals surface area (Å²) in [7, 11) is 0. The molecule has 0 aliphatic rings. The van der Waals surface area contributed by atoms with Gasteiger partial charge in [0.25, 0.3) is 0 Å². The first-order chi connectivity index (χ1) is 16.4. The van der Waals surface area contributed by atoms with E-state index in [2.05, 4.69) is 27.3 Å². The van der Waals surface area contributed by atoms with E-state index in [4.69, 9.17) is 0 Å². The molecule has 0 radical (unpaired) electrons. The molecule has 3 aromatic carbocycles. The van der Waals surface area contributed by atoms with Crippen LogP contribution in [0.1, 0.15) is 41.2 Å². The lowest BCUT2D eigenvalue weighted by Gasteiger charge is -2.32. The van der Waals surface area contributed by atoms with Crippen LogP contribution in [-0.4, -0.2) is 29.3 Å². The number of nitrogens with zero attached hydrogens (tertiary/aromatic N) is 1. The fourth-order valence-corrected chi connectivity index (χ4v) is 4.42. The molecule has 0 saturated carbocycles. The Kier molecular flexibility index (Phi) is 9.46. The number of amides is 2. The zero-order chi connectivity index (χ0) is 24.5. The van der Waals surface area contributed by atoms with E-state index in [0.717, 1.165) is 38.7 Å². The highest BCUT2D eigenvalue weighted by Crippen LogP contribution is 2.19. The number of benzene rings is 3. The lowest BCUT2D eigenvalue weighted by molar-refractivity contribution is -0.140. The highest BCUT2D eigenvalue weighted by Gasteiger charge is 2.30. The van der Waals surface area contributed by atoms with E-state index in [1.54, 1.807) is 4.90 Å². The number of hydrogen-bond acceptors (Lipinski definition) is 2. The summed E-state index contributed by atoms with van der Waals surface area (Å²) in [6.45, 7) is 7.06. The maximum Gasteiger partial charge on any atom is 0.243 e. The van der Waals surface area contributed by atoms with Gasteiger partial charge in [0.2, 0.25) is 11.8 Å². The molecular weight excluding hydrogens is 488 g/mol. The fourth-order valence-electron chi connectivity index (χ4n) is 4.15. The van der Waals surface area contributed by atoms with Crippen LogP contribution in [0.3, 0.4) is 0 Å². The van der Waals surface area contributed by atoms with Crippen LogP contribution in [0.15, 0.2) is 77.3 Å². The van der Waals surface area contributed by atoms with Gasteiger partial charge in [-0.1, -0.05) is 94.6 Å². The molecule has 2 amide bonds. The Morgan fingerprint density at radius 3 is 2.15 bits per heavy atom. The van der Waals surface area contributed by atoms with E-state index < -0.39 is 6.04 Å². The first-order valence-corrected chi connectivity index (χ1v) is 12.6. The van der Waals surface area contributed by atoms with Crippen LogP contribution in [0, 0.1) is 13.8 Å². The third-order valence-corrected chi connectivity index (χ3v) is 6.25. The van der Waals surface area contributed by atoms with Crippen molar-refractivity contribution in [3.8, 4) is 0 Å². The molecule has 1 unspecified atom stereocenters. The van der Waals surface area contributed by atoms with E-state index in [1.807, 2.05) is 87.5 Å². The minimum absolute atomic E-state index is 0.0551. The minimum Gasteiger partial charge on any atom is -0.354 e. The second-order valence-corrected chi connectivity index (χ2v) is 9.73. The van der Waals surface area contributed by atoms with Crippen molar-refractivity contribution in [1.29, 1.82) is 0 Å². The van der Waals surface area contributed by atoms with Crippen molar-refractivity contribution >= 4 is 27.7 Å². The Bertz CT molecular complexity index is 1080. The lowest BCUT2D eigenvalue weighted by Crippen LogP contribution is -2.51. The molecule has 178 valence electrons. The van der Waals surface area contributed by atoms with Crippen LogP contribution in [0.25, 0.3) is 0 Å². The SMILES string of the molecule is CCCNC(=O)C(Cc1ccccc1)N(Cc1ccc(Br)cc1)C(=O)Cc1cc(C)cc(C)c1. The van der Waals surface area contributed by atoms with Crippen LogP contribution in [0.5, 0.6) is 0 Å². The highest BCUT2D eigenvalue weighted by molar-refractivity contribution is 9.10. The third-order valence-electron chi connectivity index (χ3n) is 5.72. The number of aryl methyl sites for hydroxylation is 2. The molecule has 5 heteroatoms. The first-order valence-electron chi connectivity index (χ1n) is 11.8. The zero-order valence-electron chi connectivity index (χ0n) is 20.2. The summed E-state index contributed by atoms with van der Waals surface area (Å²) in [6.07, 6.45) is 1.56. The maximum atomic E-state index is 13.8. The molecule has 3 rings (SSSR count). The van der Waals surface area contributed by atoms with E-state index >= 15 is 0 Å². The summed E-state index contributed by atoms with van der Waals surface area (Å²) in [4.78, 5) is 28.8. The van der Waals surface area contributed by atoms with Crippen molar-refractivity contribution in [2.24, 2.45) is 0 Å². The molecule has 0 saturated heterocycles. The van der Waals surface area contributed by atoms with Crippen LogP contribution >= 0.6 is 15.9 Å². The van der Waals surface area contributed by atoms with Gasteiger partial charge >= 0.3 is 0 Å². The topological polar surface area (TPSA) is 49.4 Å². The summed E-state index contributed by atoms with van der Waals surface area (Å²) in [5.74, 6) is -0.169. The summed E-state index contributed by atoms with van der Waals surface area (Å²) < 4.78 is 0.978. The van der Waals surface area contributed by atoms with Crippen molar-refractivity contribution in [1.82, 2.24) is 10.2 Å². The smallest absolute Gasteiger partial charge is 0.243 e. The average Bonchev–Trinajstić information content (AvgIpc) is 2.81. The van der Waals surface area contributed by atoms with Crippen molar-refractivity contribution in [3.63, 3.8) is 0 Å². The van der Waals surface area contributed by atoms with Gasteiger partial charge in [-0.2, -0.15) is 0 Å². The molecule has 0 heterocycles. The minimum atomic E-state index is -0.601. The van der Waals surface area contributed by atoms with Gasteiger partial charge in [0, 0.05) is 24.0 Å². The van der Waals surface area contributed by atoms with Crippen LogP contribution in [-0.2, 0) is 29.0 Å². The molecule has 4 nitrogen and oxygen atoms in total. The molecule has 1 atom stereocenters. The molecule has 1 N–H and O–H groups in total. The predicted octanol–water partition coefficient (Wildman–Crippen LogP) is 5.77. The highest BCUT2D eigenvalue weighted by atomic mass is 79.9. The third kappa shape index (κ3) is 7.56. The van der Waals surface area contributed by atoms with E-state index in [-0.39, 0.29) is 18.2 Å². The second kappa shape index (κ2) is 12.5. The standard InChI is InChI=1S/C29H33BrN2O2/c1-4-14-31-29(34)27(18-23-8-6-5-7-9-23)32(20-24-10-12-26(30)13-11-24)28(33)19-25-16-21(2)15-22(3)17-25/h5-13,15-17,27H,4,14,18-20H2,1-3H3,(H,31,34). The van der Waals surface area contributed by atoms with E-state index in [0.29, 0.717) is 19.5 Å². The van der Waals surface area contributed by atoms with Crippen LogP contribution in [0.4, 0.5) is 0 Å². The Hall–Kier alpha value is -2.92. The van der Waals surface area contributed by atoms with Gasteiger partial charge in [-0.3, -0.25) is 9.59 Å². The van der Waals surface area contributed by atoms with Crippen molar-refractivity contribution in [2.75, 3.05) is 6.54 Å². The van der Waals surface area contributed by atoms with Gasteiger partial charge in [0.05, 0.1) is 6.42 Å². The lowest BCUT2D eigenvalue weighted by atomic mass is 10.0. The van der Waals surface area contributed by atoms with Gasteiger partial charge in [-0.15, -0.1) is 0 Å².